The standard InChI is InChI=1S/C13H14N2O2/c1-9(2)11-12(10-6-4-3-5-7-10)15-17-13(11)14-8-16/h3-9H,1-2H3,(H,14,16). The lowest BCUT2D eigenvalue weighted by atomic mass is 9.99. The Hall–Kier alpha value is -2.10. The molecule has 0 atom stereocenters. The maximum absolute atomic E-state index is 10.5. The molecule has 4 nitrogen and oxygen atoms in total. The number of nitrogens with zero attached hydrogens (tertiary/aromatic N) is 1. The molecule has 1 heterocycles. The van der Waals surface area contributed by atoms with Crippen molar-refractivity contribution in [2.24, 2.45) is 0 Å². The first kappa shape index (κ1) is 11.4. The van der Waals surface area contributed by atoms with Gasteiger partial charge in [0, 0.05) is 11.1 Å². The van der Waals surface area contributed by atoms with Gasteiger partial charge in [0.2, 0.25) is 12.3 Å². The minimum absolute atomic E-state index is 0.221. The molecule has 0 spiro atoms. The molecule has 1 aromatic heterocycles. The molecule has 0 bridgehead atoms. The van der Waals surface area contributed by atoms with Crippen LogP contribution in [0.4, 0.5) is 5.88 Å². The fourth-order valence-corrected chi connectivity index (χ4v) is 1.79. The van der Waals surface area contributed by atoms with E-state index < -0.39 is 0 Å². The van der Waals surface area contributed by atoms with Gasteiger partial charge in [0.25, 0.3) is 0 Å². The van der Waals surface area contributed by atoms with Crippen LogP contribution in [0.3, 0.4) is 0 Å². The Bertz CT molecular complexity index is 503. The van der Waals surface area contributed by atoms with Gasteiger partial charge in [0.1, 0.15) is 5.69 Å². The number of hydrogen-bond donors (Lipinski definition) is 1. The predicted octanol–water partition coefficient (Wildman–Crippen LogP) is 3.03. The largest absolute Gasteiger partial charge is 0.338 e. The van der Waals surface area contributed by atoms with Crippen LogP contribution in [-0.2, 0) is 4.79 Å². The van der Waals surface area contributed by atoms with Gasteiger partial charge in [-0.3, -0.25) is 10.1 Å². The second kappa shape index (κ2) is 4.82. The van der Waals surface area contributed by atoms with Crippen LogP contribution in [0.25, 0.3) is 11.3 Å². The van der Waals surface area contributed by atoms with Crippen LogP contribution in [0.2, 0.25) is 0 Å². The molecule has 0 unspecified atom stereocenters. The van der Waals surface area contributed by atoms with Gasteiger partial charge in [0.05, 0.1) is 0 Å². The zero-order chi connectivity index (χ0) is 12.3. The van der Waals surface area contributed by atoms with E-state index in [2.05, 4.69) is 10.5 Å². The van der Waals surface area contributed by atoms with Crippen LogP contribution in [-0.4, -0.2) is 11.6 Å². The molecule has 4 heteroatoms. The van der Waals surface area contributed by atoms with Crippen molar-refractivity contribution in [1.82, 2.24) is 5.16 Å². The van der Waals surface area contributed by atoms with E-state index in [1.165, 1.54) is 0 Å². The van der Waals surface area contributed by atoms with Crippen LogP contribution in [0.15, 0.2) is 34.9 Å². The second-order valence-corrected chi connectivity index (χ2v) is 4.06. The molecule has 2 rings (SSSR count). The van der Waals surface area contributed by atoms with Crippen molar-refractivity contribution in [3.8, 4) is 11.3 Å². The number of benzene rings is 1. The molecule has 1 N–H and O–H groups in total. The molecular weight excluding hydrogens is 216 g/mol. The quantitative estimate of drug-likeness (QED) is 0.821. The number of nitrogens with one attached hydrogen (secondary N) is 1. The van der Waals surface area contributed by atoms with E-state index in [0.717, 1.165) is 16.8 Å². The third kappa shape index (κ3) is 2.20. The van der Waals surface area contributed by atoms with E-state index in [1.807, 2.05) is 44.2 Å². The Morgan fingerprint density at radius 1 is 1.29 bits per heavy atom. The van der Waals surface area contributed by atoms with E-state index in [1.54, 1.807) is 0 Å². The van der Waals surface area contributed by atoms with Crippen molar-refractivity contribution in [3.63, 3.8) is 0 Å². The Balaban J connectivity index is 2.51. The van der Waals surface area contributed by atoms with Crippen molar-refractivity contribution >= 4 is 12.3 Å². The molecule has 2 aromatic rings. The van der Waals surface area contributed by atoms with Gasteiger partial charge in [-0.05, 0) is 5.92 Å². The summed E-state index contributed by atoms with van der Waals surface area (Å²) in [5, 5.41) is 6.57. The van der Waals surface area contributed by atoms with Gasteiger partial charge < -0.3 is 4.52 Å². The van der Waals surface area contributed by atoms with Crippen LogP contribution >= 0.6 is 0 Å². The molecule has 0 aliphatic heterocycles. The second-order valence-electron chi connectivity index (χ2n) is 4.06. The van der Waals surface area contributed by atoms with Crippen LogP contribution < -0.4 is 5.32 Å². The third-order valence-electron chi connectivity index (χ3n) is 2.54. The van der Waals surface area contributed by atoms with Crippen molar-refractivity contribution in [1.29, 1.82) is 0 Å². The third-order valence-corrected chi connectivity index (χ3v) is 2.54. The number of carbonyl (C=O) groups excluding carboxylic acids is 1. The lowest BCUT2D eigenvalue weighted by Gasteiger charge is -2.06. The highest BCUT2D eigenvalue weighted by atomic mass is 16.5. The fraction of sp³-hybridized carbons (Fsp3) is 0.231. The summed E-state index contributed by atoms with van der Waals surface area (Å²) < 4.78 is 5.16. The molecule has 1 amide bonds. The number of carbonyl (C=O) groups is 1. The number of amides is 1. The number of aromatic nitrogens is 1. The number of hydrogen-bond acceptors (Lipinski definition) is 3. The Morgan fingerprint density at radius 2 is 2.00 bits per heavy atom. The molecule has 0 fully saturated rings. The molecule has 0 radical (unpaired) electrons. The first-order valence-corrected chi connectivity index (χ1v) is 5.49. The van der Waals surface area contributed by atoms with Crippen LogP contribution in [0.1, 0.15) is 25.3 Å². The van der Waals surface area contributed by atoms with Gasteiger partial charge >= 0.3 is 0 Å². The highest BCUT2D eigenvalue weighted by Gasteiger charge is 2.19. The number of rotatable bonds is 4. The van der Waals surface area contributed by atoms with Gasteiger partial charge in [-0.15, -0.1) is 0 Å². The molecule has 1 aromatic carbocycles. The maximum Gasteiger partial charge on any atom is 0.235 e. The SMILES string of the molecule is CC(C)c1c(-c2ccccc2)noc1NC=O. The van der Waals surface area contributed by atoms with E-state index in [4.69, 9.17) is 4.52 Å². The van der Waals surface area contributed by atoms with Crippen molar-refractivity contribution in [3.05, 3.63) is 35.9 Å². The smallest absolute Gasteiger partial charge is 0.235 e. The summed E-state index contributed by atoms with van der Waals surface area (Å²) in [5.41, 5.74) is 2.69. The first-order chi connectivity index (χ1) is 8.24. The summed E-state index contributed by atoms with van der Waals surface area (Å²) in [7, 11) is 0. The average Bonchev–Trinajstić information content (AvgIpc) is 2.74. The zero-order valence-corrected chi connectivity index (χ0v) is 9.81. The van der Waals surface area contributed by atoms with E-state index in [0.29, 0.717) is 12.3 Å². The minimum Gasteiger partial charge on any atom is -0.338 e. The van der Waals surface area contributed by atoms with Gasteiger partial charge in [-0.1, -0.05) is 49.3 Å². The molecule has 0 aliphatic carbocycles. The van der Waals surface area contributed by atoms with E-state index in [-0.39, 0.29) is 5.92 Å². The lowest BCUT2D eigenvalue weighted by molar-refractivity contribution is -0.105. The Labute approximate surface area is 99.6 Å². The van der Waals surface area contributed by atoms with Crippen LogP contribution in [0, 0.1) is 0 Å². The monoisotopic (exact) mass is 230 g/mol. The van der Waals surface area contributed by atoms with E-state index in [9.17, 15) is 4.79 Å². The summed E-state index contributed by atoms with van der Waals surface area (Å²) in [6, 6.07) is 9.77. The lowest BCUT2D eigenvalue weighted by Crippen LogP contribution is -1.98. The maximum atomic E-state index is 10.5. The van der Waals surface area contributed by atoms with Crippen molar-refractivity contribution in [2.75, 3.05) is 5.32 Å². The first-order valence-electron chi connectivity index (χ1n) is 5.49. The summed E-state index contributed by atoms with van der Waals surface area (Å²) in [6.07, 6.45) is 0.598. The normalized spacial score (nSPS) is 10.5. The summed E-state index contributed by atoms with van der Waals surface area (Å²) in [5.74, 6) is 0.646. The van der Waals surface area contributed by atoms with Gasteiger partial charge in [0.15, 0.2) is 0 Å². The van der Waals surface area contributed by atoms with Gasteiger partial charge in [-0.25, -0.2) is 0 Å². The molecular formula is C13H14N2O2. The van der Waals surface area contributed by atoms with Gasteiger partial charge in [-0.2, -0.15) is 0 Å². The highest BCUT2D eigenvalue weighted by Crippen LogP contribution is 2.34. The molecule has 0 saturated carbocycles. The number of anilines is 1. The Kier molecular flexibility index (Phi) is 3.23. The minimum atomic E-state index is 0.221. The van der Waals surface area contributed by atoms with E-state index >= 15 is 0 Å². The molecule has 0 saturated heterocycles. The predicted molar refractivity (Wildman–Crippen MR) is 65.7 cm³/mol. The highest BCUT2D eigenvalue weighted by molar-refractivity contribution is 5.76. The van der Waals surface area contributed by atoms with Crippen LogP contribution in [0.5, 0.6) is 0 Å². The Morgan fingerprint density at radius 3 is 2.59 bits per heavy atom. The summed E-state index contributed by atoms with van der Waals surface area (Å²) in [4.78, 5) is 10.5. The summed E-state index contributed by atoms with van der Waals surface area (Å²) >= 11 is 0. The zero-order valence-electron chi connectivity index (χ0n) is 9.81. The van der Waals surface area contributed by atoms with Crippen molar-refractivity contribution in [2.45, 2.75) is 19.8 Å². The average molecular weight is 230 g/mol. The topological polar surface area (TPSA) is 55.1 Å². The summed E-state index contributed by atoms with van der Waals surface area (Å²) in [6.45, 7) is 4.07. The molecule has 88 valence electrons. The molecule has 17 heavy (non-hydrogen) atoms. The fourth-order valence-electron chi connectivity index (χ4n) is 1.79. The van der Waals surface area contributed by atoms with Crippen molar-refractivity contribution < 1.29 is 9.32 Å². The molecule has 0 aliphatic rings.